The Morgan fingerprint density at radius 1 is 0.857 bits per heavy atom. The molecular formula is C16H18O5. The fourth-order valence-corrected chi connectivity index (χ4v) is 2.17. The number of methoxy groups -OCH3 is 2. The molecule has 2 N–H and O–H groups in total. The summed E-state index contributed by atoms with van der Waals surface area (Å²) in [5.41, 5.74) is 1.46. The zero-order valence-electron chi connectivity index (χ0n) is 12.4. The van der Waals surface area contributed by atoms with Crippen LogP contribution in [0.5, 0.6) is 34.5 Å². The van der Waals surface area contributed by atoms with E-state index in [9.17, 15) is 10.2 Å². The van der Waals surface area contributed by atoms with Crippen molar-refractivity contribution in [3.05, 3.63) is 35.4 Å². The first kappa shape index (κ1) is 14.8. The normalized spacial score (nSPS) is 10.3. The lowest BCUT2D eigenvalue weighted by Gasteiger charge is -2.16. The van der Waals surface area contributed by atoms with Crippen molar-refractivity contribution in [3.63, 3.8) is 0 Å². The average molecular weight is 290 g/mol. The van der Waals surface area contributed by atoms with Gasteiger partial charge in [-0.1, -0.05) is 0 Å². The molecule has 0 spiro atoms. The molecule has 2 aromatic carbocycles. The van der Waals surface area contributed by atoms with Crippen LogP contribution in [-0.4, -0.2) is 24.4 Å². The highest BCUT2D eigenvalue weighted by atomic mass is 16.5. The van der Waals surface area contributed by atoms with Gasteiger partial charge in [0.25, 0.3) is 0 Å². The van der Waals surface area contributed by atoms with Crippen molar-refractivity contribution < 1.29 is 24.4 Å². The summed E-state index contributed by atoms with van der Waals surface area (Å²) < 4.78 is 16.1. The molecule has 0 unspecified atom stereocenters. The molecular weight excluding hydrogens is 272 g/mol. The summed E-state index contributed by atoms with van der Waals surface area (Å²) in [7, 11) is 3.01. The third kappa shape index (κ3) is 2.97. The van der Waals surface area contributed by atoms with Crippen LogP contribution < -0.4 is 14.2 Å². The Balaban J connectivity index is 2.49. The minimum Gasteiger partial charge on any atom is -0.508 e. The number of aromatic hydroxyl groups is 2. The molecule has 5 nitrogen and oxygen atoms in total. The Labute approximate surface area is 123 Å². The Morgan fingerprint density at radius 2 is 1.57 bits per heavy atom. The number of hydrogen-bond acceptors (Lipinski definition) is 5. The second kappa shape index (κ2) is 5.83. The van der Waals surface area contributed by atoms with Crippen LogP contribution in [0.15, 0.2) is 24.3 Å². The van der Waals surface area contributed by atoms with E-state index in [2.05, 4.69) is 0 Å². The van der Waals surface area contributed by atoms with Crippen LogP contribution in [0.1, 0.15) is 11.1 Å². The van der Waals surface area contributed by atoms with Gasteiger partial charge in [0, 0.05) is 17.7 Å². The Kier molecular flexibility index (Phi) is 4.12. The summed E-state index contributed by atoms with van der Waals surface area (Å²) in [6.45, 7) is 3.60. The SMILES string of the molecule is COc1cc(O)c(Oc2cc(C)cc(O)c2)c(C)c1OC. The smallest absolute Gasteiger partial charge is 0.175 e. The van der Waals surface area contributed by atoms with Gasteiger partial charge in [-0.05, 0) is 31.5 Å². The van der Waals surface area contributed by atoms with E-state index in [-0.39, 0.29) is 17.2 Å². The first-order valence-electron chi connectivity index (χ1n) is 6.39. The highest BCUT2D eigenvalue weighted by molar-refractivity contribution is 5.61. The van der Waals surface area contributed by atoms with E-state index in [0.29, 0.717) is 22.8 Å². The van der Waals surface area contributed by atoms with Crippen molar-refractivity contribution in [2.45, 2.75) is 13.8 Å². The second-order valence-corrected chi connectivity index (χ2v) is 4.69. The van der Waals surface area contributed by atoms with E-state index in [1.165, 1.54) is 26.4 Å². The van der Waals surface area contributed by atoms with Crippen molar-refractivity contribution >= 4 is 0 Å². The molecule has 0 saturated carbocycles. The maximum Gasteiger partial charge on any atom is 0.175 e. The summed E-state index contributed by atoms with van der Waals surface area (Å²) >= 11 is 0. The third-order valence-corrected chi connectivity index (χ3v) is 3.09. The van der Waals surface area contributed by atoms with E-state index in [0.717, 1.165) is 5.56 Å². The zero-order chi connectivity index (χ0) is 15.6. The molecule has 112 valence electrons. The van der Waals surface area contributed by atoms with Crippen molar-refractivity contribution in [1.29, 1.82) is 0 Å². The van der Waals surface area contributed by atoms with Gasteiger partial charge in [-0.25, -0.2) is 0 Å². The van der Waals surface area contributed by atoms with Gasteiger partial charge >= 0.3 is 0 Å². The lowest BCUT2D eigenvalue weighted by atomic mass is 10.1. The van der Waals surface area contributed by atoms with Gasteiger partial charge in [0.05, 0.1) is 14.2 Å². The summed E-state index contributed by atoms with van der Waals surface area (Å²) in [5.74, 6) is 1.64. The van der Waals surface area contributed by atoms with Crippen molar-refractivity contribution in [2.75, 3.05) is 14.2 Å². The van der Waals surface area contributed by atoms with Gasteiger partial charge in [-0.2, -0.15) is 0 Å². The molecule has 0 aromatic heterocycles. The van der Waals surface area contributed by atoms with Crippen LogP contribution in [0.4, 0.5) is 0 Å². The minimum atomic E-state index is -0.0638. The molecule has 2 aromatic rings. The summed E-state index contributed by atoms with van der Waals surface area (Å²) in [5, 5.41) is 19.7. The number of hydrogen-bond donors (Lipinski definition) is 2. The van der Waals surface area contributed by atoms with E-state index in [1.54, 1.807) is 19.1 Å². The molecule has 0 aliphatic carbocycles. The molecule has 0 amide bonds. The fraction of sp³-hybridized carbons (Fsp3) is 0.250. The maximum absolute atomic E-state index is 10.1. The molecule has 0 heterocycles. The molecule has 0 fully saturated rings. The predicted octanol–water partition coefficient (Wildman–Crippen LogP) is 3.52. The number of benzene rings is 2. The average Bonchev–Trinajstić information content (AvgIpc) is 2.41. The number of phenolic OH excluding ortho intramolecular Hbond substituents is 2. The topological polar surface area (TPSA) is 68.2 Å². The first-order chi connectivity index (χ1) is 9.96. The number of rotatable bonds is 4. The van der Waals surface area contributed by atoms with Crippen molar-refractivity contribution in [3.8, 4) is 34.5 Å². The van der Waals surface area contributed by atoms with Crippen LogP contribution in [0, 0.1) is 13.8 Å². The lowest BCUT2D eigenvalue weighted by molar-refractivity contribution is 0.340. The van der Waals surface area contributed by atoms with Gasteiger partial charge in [-0.3, -0.25) is 0 Å². The van der Waals surface area contributed by atoms with Crippen LogP contribution in [0.25, 0.3) is 0 Å². The van der Waals surface area contributed by atoms with Gasteiger partial charge in [-0.15, -0.1) is 0 Å². The van der Waals surface area contributed by atoms with Gasteiger partial charge in [0.2, 0.25) is 0 Å². The first-order valence-corrected chi connectivity index (χ1v) is 6.39. The summed E-state index contributed by atoms with van der Waals surface area (Å²) in [6.07, 6.45) is 0. The van der Waals surface area contributed by atoms with Crippen LogP contribution in [0.3, 0.4) is 0 Å². The fourth-order valence-electron chi connectivity index (χ4n) is 2.17. The van der Waals surface area contributed by atoms with Crippen LogP contribution >= 0.6 is 0 Å². The zero-order valence-corrected chi connectivity index (χ0v) is 12.4. The maximum atomic E-state index is 10.1. The molecule has 21 heavy (non-hydrogen) atoms. The predicted molar refractivity (Wildman–Crippen MR) is 78.9 cm³/mol. The third-order valence-electron chi connectivity index (χ3n) is 3.09. The van der Waals surface area contributed by atoms with E-state index < -0.39 is 0 Å². The summed E-state index contributed by atoms with van der Waals surface area (Å²) in [4.78, 5) is 0. The molecule has 0 saturated heterocycles. The van der Waals surface area contributed by atoms with Crippen LogP contribution in [-0.2, 0) is 0 Å². The van der Waals surface area contributed by atoms with Crippen molar-refractivity contribution in [2.24, 2.45) is 0 Å². The number of ether oxygens (including phenoxy) is 3. The van der Waals surface area contributed by atoms with E-state index in [1.807, 2.05) is 6.92 Å². The van der Waals surface area contributed by atoms with Gasteiger partial charge in [0.1, 0.15) is 11.5 Å². The Hall–Kier alpha value is -2.56. The standard InChI is InChI=1S/C16H18O5/c1-9-5-11(17)7-12(6-9)21-15-10(2)16(20-4)14(19-3)8-13(15)18/h5-8,17-18H,1-4H3. The lowest BCUT2D eigenvalue weighted by Crippen LogP contribution is -1.96. The highest BCUT2D eigenvalue weighted by Crippen LogP contribution is 2.45. The molecule has 0 bridgehead atoms. The van der Waals surface area contributed by atoms with Crippen molar-refractivity contribution in [1.82, 2.24) is 0 Å². The van der Waals surface area contributed by atoms with Gasteiger partial charge < -0.3 is 24.4 Å². The Bertz CT molecular complexity index is 644. The quantitative estimate of drug-likeness (QED) is 0.901. The van der Waals surface area contributed by atoms with Crippen LogP contribution in [0.2, 0.25) is 0 Å². The molecule has 0 aliphatic rings. The Morgan fingerprint density at radius 3 is 2.14 bits per heavy atom. The highest BCUT2D eigenvalue weighted by Gasteiger charge is 2.18. The van der Waals surface area contributed by atoms with Gasteiger partial charge in [0.15, 0.2) is 23.0 Å². The largest absolute Gasteiger partial charge is 0.508 e. The molecule has 0 radical (unpaired) electrons. The number of phenols is 2. The molecule has 0 aliphatic heterocycles. The molecule has 0 atom stereocenters. The molecule has 2 rings (SSSR count). The monoisotopic (exact) mass is 290 g/mol. The van der Waals surface area contributed by atoms with E-state index >= 15 is 0 Å². The minimum absolute atomic E-state index is 0.0638. The van der Waals surface area contributed by atoms with E-state index in [4.69, 9.17) is 14.2 Å². The second-order valence-electron chi connectivity index (χ2n) is 4.69. The number of aryl methyl sites for hydroxylation is 1. The molecule has 5 heteroatoms. The summed E-state index contributed by atoms with van der Waals surface area (Å²) in [6, 6.07) is 6.28.